The maximum atomic E-state index is 14.4. The number of halogens is 1. The van der Waals surface area contributed by atoms with Crippen LogP contribution in [0, 0.1) is 5.82 Å². The molecule has 0 spiro atoms. The molecule has 5 heterocycles. The fourth-order valence-electron chi connectivity index (χ4n) is 3.92. The van der Waals surface area contributed by atoms with Crippen LogP contribution in [0.2, 0.25) is 0 Å². The van der Waals surface area contributed by atoms with Gasteiger partial charge < -0.3 is 15.0 Å². The number of anilines is 2. The number of methoxy groups -OCH3 is 1. The van der Waals surface area contributed by atoms with Crippen molar-refractivity contribution in [2.45, 2.75) is 6.54 Å². The van der Waals surface area contributed by atoms with Crippen molar-refractivity contribution in [2.24, 2.45) is 0 Å². The lowest BCUT2D eigenvalue weighted by Gasteiger charge is -2.32. The second-order valence-electron chi connectivity index (χ2n) is 8.04. The van der Waals surface area contributed by atoms with Gasteiger partial charge in [-0.3, -0.25) is 9.88 Å². The van der Waals surface area contributed by atoms with Crippen LogP contribution in [0.3, 0.4) is 0 Å². The average molecular weight is 449 g/mol. The van der Waals surface area contributed by atoms with Gasteiger partial charge in [-0.1, -0.05) is 6.07 Å². The highest BCUT2D eigenvalue weighted by molar-refractivity contribution is 5.78. The smallest absolute Gasteiger partial charge is 0.213 e. The molecule has 0 radical (unpaired) electrons. The summed E-state index contributed by atoms with van der Waals surface area (Å²) in [4.78, 5) is 17.8. The first-order valence-electron chi connectivity index (χ1n) is 10.8. The minimum atomic E-state index is -0.456. The lowest BCUT2D eigenvalue weighted by Crippen LogP contribution is -2.43. The summed E-state index contributed by atoms with van der Waals surface area (Å²) < 4.78 is 21.4. The molecule has 0 aliphatic carbocycles. The van der Waals surface area contributed by atoms with Gasteiger partial charge in [-0.05, 0) is 30.8 Å². The van der Waals surface area contributed by atoms with Gasteiger partial charge in [-0.2, -0.15) is 0 Å². The molecule has 0 saturated carbocycles. The van der Waals surface area contributed by atoms with Crippen LogP contribution in [-0.2, 0) is 6.54 Å². The monoisotopic (exact) mass is 448 g/mol. The molecule has 0 amide bonds. The van der Waals surface area contributed by atoms with E-state index in [-0.39, 0.29) is 0 Å². The summed E-state index contributed by atoms with van der Waals surface area (Å²) in [5.74, 6) is 0.917. The third-order valence-corrected chi connectivity index (χ3v) is 5.77. The van der Waals surface area contributed by atoms with Crippen molar-refractivity contribution in [3.8, 4) is 17.4 Å². The molecule has 1 N–H and O–H groups in total. The number of aromatic nitrogens is 5. The van der Waals surface area contributed by atoms with E-state index in [1.54, 1.807) is 23.8 Å². The number of likely N-dealkylation sites (N-methyl/N-ethyl adjacent to an activating group) is 1. The van der Waals surface area contributed by atoms with E-state index in [0.717, 1.165) is 43.8 Å². The fourth-order valence-corrected chi connectivity index (χ4v) is 3.92. The van der Waals surface area contributed by atoms with Gasteiger partial charge in [0.2, 0.25) is 11.7 Å². The standard InChI is InChI=1S/C23H25FN8O/c1-30-10-12-31(13-11-30)15-16-7-9-32-21(16)23(27-18-6-8-25-14-17(18)24)28-22(29-32)19-4-3-5-20(26-19)33-2/h3-9,14H,10-13,15H2,1-2H3,(H,25,27,28,29). The second kappa shape index (κ2) is 9.08. The van der Waals surface area contributed by atoms with Crippen molar-refractivity contribution in [3.05, 3.63) is 60.3 Å². The lowest BCUT2D eigenvalue weighted by molar-refractivity contribution is 0.148. The molecule has 1 saturated heterocycles. The van der Waals surface area contributed by atoms with Crippen LogP contribution < -0.4 is 10.1 Å². The maximum absolute atomic E-state index is 14.4. The largest absolute Gasteiger partial charge is 0.481 e. The van der Waals surface area contributed by atoms with Gasteiger partial charge in [-0.15, -0.1) is 5.10 Å². The Labute approximate surface area is 190 Å². The van der Waals surface area contributed by atoms with Crippen molar-refractivity contribution >= 4 is 17.0 Å². The van der Waals surface area contributed by atoms with Crippen molar-refractivity contribution in [3.63, 3.8) is 0 Å². The number of pyridine rings is 2. The summed E-state index contributed by atoms with van der Waals surface area (Å²) in [6.07, 6.45) is 4.62. The van der Waals surface area contributed by atoms with Crippen LogP contribution in [0.15, 0.2) is 48.9 Å². The molecule has 0 bridgehead atoms. The number of nitrogens with one attached hydrogen (secondary N) is 1. The molecule has 1 aliphatic heterocycles. The van der Waals surface area contributed by atoms with Crippen LogP contribution in [-0.4, -0.2) is 74.7 Å². The van der Waals surface area contributed by atoms with Crippen molar-refractivity contribution in [1.82, 2.24) is 34.4 Å². The molecule has 4 aromatic rings. The minimum absolute atomic E-state index is 0.293. The van der Waals surface area contributed by atoms with E-state index < -0.39 is 5.82 Å². The first-order valence-corrected chi connectivity index (χ1v) is 10.8. The number of ether oxygens (including phenoxy) is 1. The van der Waals surface area contributed by atoms with E-state index in [2.05, 4.69) is 37.2 Å². The van der Waals surface area contributed by atoms with Crippen molar-refractivity contribution < 1.29 is 9.13 Å². The van der Waals surface area contributed by atoms with Gasteiger partial charge in [0, 0.05) is 51.2 Å². The Hall–Kier alpha value is -3.63. The lowest BCUT2D eigenvalue weighted by atomic mass is 10.2. The molecule has 1 fully saturated rings. The zero-order valence-electron chi connectivity index (χ0n) is 18.6. The Morgan fingerprint density at radius 1 is 1.09 bits per heavy atom. The average Bonchev–Trinajstić information content (AvgIpc) is 3.25. The van der Waals surface area contributed by atoms with E-state index in [1.807, 2.05) is 24.4 Å². The Morgan fingerprint density at radius 3 is 2.73 bits per heavy atom. The third kappa shape index (κ3) is 4.48. The summed E-state index contributed by atoms with van der Waals surface area (Å²) >= 11 is 0. The summed E-state index contributed by atoms with van der Waals surface area (Å²) in [6.45, 7) is 4.80. The Kier molecular flexibility index (Phi) is 5.84. The molecule has 0 unspecified atom stereocenters. The molecule has 170 valence electrons. The molecule has 4 aromatic heterocycles. The number of nitrogens with zero attached hydrogens (tertiary/aromatic N) is 7. The number of rotatable bonds is 6. The van der Waals surface area contributed by atoms with Crippen LogP contribution in [0.25, 0.3) is 17.0 Å². The van der Waals surface area contributed by atoms with Crippen LogP contribution in [0.5, 0.6) is 5.88 Å². The van der Waals surface area contributed by atoms with E-state index >= 15 is 0 Å². The second-order valence-corrected chi connectivity index (χ2v) is 8.04. The molecular weight excluding hydrogens is 423 g/mol. The summed E-state index contributed by atoms with van der Waals surface area (Å²) in [7, 11) is 3.70. The molecule has 5 rings (SSSR count). The molecule has 0 atom stereocenters. The molecule has 9 nitrogen and oxygen atoms in total. The summed E-state index contributed by atoms with van der Waals surface area (Å²) in [6, 6.07) is 9.03. The van der Waals surface area contributed by atoms with Crippen molar-refractivity contribution in [1.29, 1.82) is 0 Å². The molecular formula is C23H25FN8O. The van der Waals surface area contributed by atoms with Gasteiger partial charge in [-0.25, -0.2) is 18.9 Å². The number of piperazine rings is 1. The first-order chi connectivity index (χ1) is 16.1. The van der Waals surface area contributed by atoms with Crippen LogP contribution >= 0.6 is 0 Å². The highest BCUT2D eigenvalue weighted by atomic mass is 19.1. The predicted molar refractivity (Wildman–Crippen MR) is 123 cm³/mol. The Balaban J connectivity index is 1.58. The van der Waals surface area contributed by atoms with Gasteiger partial charge in [0.25, 0.3) is 0 Å². The predicted octanol–water partition coefficient (Wildman–Crippen LogP) is 2.83. The van der Waals surface area contributed by atoms with Gasteiger partial charge in [0.1, 0.15) is 11.2 Å². The zero-order valence-corrected chi connectivity index (χ0v) is 18.6. The molecule has 10 heteroatoms. The van der Waals surface area contributed by atoms with E-state index in [0.29, 0.717) is 28.9 Å². The van der Waals surface area contributed by atoms with E-state index in [1.165, 1.54) is 12.4 Å². The number of hydrogen-bond donors (Lipinski definition) is 1. The molecule has 33 heavy (non-hydrogen) atoms. The van der Waals surface area contributed by atoms with Gasteiger partial charge >= 0.3 is 0 Å². The van der Waals surface area contributed by atoms with Crippen molar-refractivity contribution in [2.75, 3.05) is 45.7 Å². The van der Waals surface area contributed by atoms with E-state index in [9.17, 15) is 4.39 Å². The Bertz CT molecular complexity index is 1270. The van der Waals surface area contributed by atoms with Gasteiger partial charge in [0.15, 0.2) is 11.6 Å². The van der Waals surface area contributed by atoms with Crippen LogP contribution in [0.4, 0.5) is 15.9 Å². The first kappa shape index (κ1) is 21.2. The highest BCUT2D eigenvalue weighted by Crippen LogP contribution is 2.28. The fraction of sp³-hybridized carbons (Fsp3) is 0.304. The zero-order chi connectivity index (χ0) is 22.8. The minimum Gasteiger partial charge on any atom is -0.481 e. The molecule has 0 aromatic carbocycles. The van der Waals surface area contributed by atoms with E-state index in [4.69, 9.17) is 9.72 Å². The highest BCUT2D eigenvalue weighted by Gasteiger charge is 2.20. The van der Waals surface area contributed by atoms with Crippen LogP contribution in [0.1, 0.15) is 5.56 Å². The Morgan fingerprint density at radius 2 is 1.94 bits per heavy atom. The SMILES string of the molecule is COc1cccc(-c2nc(Nc3ccncc3F)c3c(CN4CCN(C)CC4)ccn3n2)n1. The number of hydrogen-bond acceptors (Lipinski definition) is 8. The maximum Gasteiger partial charge on any atom is 0.213 e. The number of fused-ring (bicyclic) bond motifs is 1. The summed E-state index contributed by atoms with van der Waals surface area (Å²) in [5, 5.41) is 7.84. The normalized spacial score (nSPS) is 15.1. The topological polar surface area (TPSA) is 83.7 Å². The third-order valence-electron chi connectivity index (χ3n) is 5.77. The quantitative estimate of drug-likeness (QED) is 0.482. The van der Waals surface area contributed by atoms with Gasteiger partial charge in [0.05, 0.1) is 19.0 Å². The molecule has 1 aliphatic rings. The summed E-state index contributed by atoms with van der Waals surface area (Å²) in [5.41, 5.74) is 2.73.